The van der Waals surface area contributed by atoms with Gasteiger partial charge < -0.3 is 24.0 Å². The standard InChI is InChI=1S/C21H23N3O4/c1-26-18-6-4-17(5-7-18)23-9-11-24(12-10-23)21(25)15-28-19-8-3-16(14-22)13-20(19)27-2/h3-8,13H,9-12,15H2,1-2H3. The summed E-state index contributed by atoms with van der Waals surface area (Å²) in [7, 11) is 3.15. The third-order valence-electron chi connectivity index (χ3n) is 4.71. The number of benzene rings is 2. The van der Waals surface area contributed by atoms with E-state index in [-0.39, 0.29) is 12.5 Å². The monoisotopic (exact) mass is 381 g/mol. The van der Waals surface area contributed by atoms with E-state index in [1.54, 1.807) is 30.2 Å². The second-order valence-corrected chi connectivity index (χ2v) is 6.33. The number of hydrogen-bond donors (Lipinski definition) is 0. The van der Waals surface area contributed by atoms with Crippen LogP contribution >= 0.6 is 0 Å². The van der Waals surface area contributed by atoms with E-state index in [1.165, 1.54) is 7.11 Å². The topological polar surface area (TPSA) is 75.0 Å². The lowest BCUT2D eigenvalue weighted by Gasteiger charge is -2.36. The number of nitriles is 1. The quantitative estimate of drug-likeness (QED) is 0.764. The fraction of sp³-hybridized carbons (Fsp3) is 0.333. The second kappa shape index (κ2) is 9.00. The maximum atomic E-state index is 12.5. The zero-order valence-corrected chi connectivity index (χ0v) is 16.1. The summed E-state index contributed by atoms with van der Waals surface area (Å²) in [4.78, 5) is 16.5. The van der Waals surface area contributed by atoms with E-state index in [0.717, 1.165) is 24.5 Å². The van der Waals surface area contributed by atoms with Crippen molar-refractivity contribution in [1.29, 1.82) is 5.26 Å². The summed E-state index contributed by atoms with van der Waals surface area (Å²) < 4.78 is 16.0. The van der Waals surface area contributed by atoms with Crippen molar-refractivity contribution in [2.45, 2.75) is 0 Å². The van der Waals surface area contributed by atoms with Crippen molar-refractivity contribution in [3.8, 4) is 23.3 Å². The first-order valence-corrected chi connectivity index (χ1v) is 9.02. The smallest absolute Gasteiger partial charge is 0.260 e. The highest BCUT2D eigenvalue weighted by atomic mass is 16.5. The molecule has 146 valence electrons. The van der Waals surface area contributed by atoms with Gasteiger partial charge in [-0.1, -0.05) is 0 Å². The predicted molar refractivity (Wildman–Crippen MR) is 105 cm³/mol. The first-order valence-electron chi connectivity index (χ1n) is 9.02. The number of carbonyl (C=O) groups excluding carboxylic acids is 1. The Morgan fingerprint density at radius 3 is 2.32 bits per heavy atom. The minimum absolute atomic E-state index is 0.0647. The molecule has 0 N–H and O–H groups in total. The molecule has 0 saturated carbocycles. The molecule has 3 rings (SSSR count). The molecule has 0 unspecified atom stereocenters. The summed E-state index contributed by atoms with van der Waals surface area (Å²) in [6, 6.07) is 14.8. The normalized spacial score (nSPS) is 13.6. The Hall–Kier alpha value is -3.40. The van der Waals surface area contributed by atoms with Crippen LogP contribution in [-0.2, 0) is 4.79 Å². The van der Waals surface area contributed by atoms with Gasteiger partial charge in [0.15, 0.2) is 18.1 Å². The Bertz CT molecular complexity index is 853. The molecule has 0 bridgehead atoms. The number of piperazine rings is 1. The van der Waals surface area contributed by atoms with Crippen LogP contribution in [0.15, 0.2) is 42.5 Å². The Labute approximate surface area is 164 Å². The molecular weight excluding hydrogens is 358 g/mol. The van der Waals surface area contributed by atoms with Crippen molar-refractivity contribution >= 4 is 11.6 Å². The van der Waals surface area contributed by atoms with Crippen LogP contribution in [0, 0.1) is 11.3 Å². The van der Waals surface area contributed by atoms with E-state index < -0.39 is 0 Å². The van der Waals surface area contributed by atoms with Gasteiger partial charge in [-0.25, -0.2) is 0 Å². The summed E-state index contributed by atoms with van der Waals surface area (Å²) in [6.45, 7) is 2.73. The van der Waals surface area contributed by atoms with E-state index in [1.807, 2.05) is 30.3 Å². The fourth-order valence-corrected chi connectivity index (χ4v) is 3.09. The number of ether oxygens (including phenoxy) is 3. The molecular formula is C21H23N3O4. The molecule has 7 heteroatoms. The van der Waals surface area contributed by atoms with Gasteiger partial charge >= 0.3 is 0 Å². The molecule has 0 aromatic heterocycles. The third-order valence-corrected chi connectivity index (χ3v) is 4.71. The summed E-state index contributed by atoms with van der Waals surface area (Å²) >= 11 is 0. The number of hydrogen-bond acceptors (Lipinski definition) is 6. The average Bonchev–Trinajstić information content (AvgIpc) is 2.77. The minimum atomic E-state index is -0.0687. The van der Waals surface area contributed by atoms with E-state index in [9.17, 15) is 4.79 Å². The molecule has 1 saturated heterocycles. The lowest BCUT2D eigenvalue weighted by atomic mass is 10.2. The van der Waals surface area contributed by atoms with Crippen molar-refractivity contribution in [3.05, 3.63) is 48.0 Å². The van der Waals surface area contributed by atoms with Crippen LogP contribution in [0.1, 0.15) is 5.56 Å². The first-order chi connectivity index (χ1) is 13.6. The van der Waals surface area contributed by atoms with E-state index in [0.29, 0.717) is 30.2 Å². The third kappa shape index (κ3) is 4.46. The van der Waals surface area contributed by atoms with Gasteiger partial charge in [0.1, 0.15) is 5.75 Å². The zero-order chi connectivity index (χ0) is 19.9. The molecule has 7 nitrogen and oxygen atoms in total. The molecule has 1 fully saturated rings. The van der Waals surface area contributed by atoms with Gasteiger partial charge in [0.05, 0.1) is 25.9 Å². The fourth-order valence-electron chi connectivity index (χ4n) is 3.09. The highest BCUT2D eigenvalue weighted by Crippen LogP contribution is 2.28. The van der Waals surface area contributed by atoms with Crippen molar-refractivity contribution in [3.63, 3.8) is 0 Å². The number of rotatable bonds is 6. The predicted octanol–water partition coefficient (Wildman–Crippen LogP) is 2.30. The van der Waals surface area contributed by atoms with E-state index >= 15 is 0 Å². The van der Waals surface area contributed by atoms with Gasteiger partial charge in [-0.05, 0) is 36.4 Å². The zero-order valence-electron chi connectivity index (χ0n) is 16.1. The van der Waals surface area contributed by atoms with Crippen LogP contribution in [0.5, 0.6) is 17.2 Å². The molecule has 0 radical (unpaired) electrons. The molecule has 1 aliphatic rings. The highest BCUT2D eigenvalue weighted by Gasteiger charge is 2.22. The molecule has 2 aromatic carbocycles. The molecule has 2 aromatic rings. The Morgan fingerprint density at radius 1 is 1.00 bits per heavy atom. The largest absolute Gasteiger partial charge is 0.497 e. The van der Waals surface area contributed by atoms with E-state index in [2.05, 4.69) is 4.90 Å². The summed E-state index contributed by atoms with van der Waals surface area (Å²) in [5.41, 5.74) is 1.59. The van der Waals surface area contributed by atoms with Crippen LogP contribution in [0.25, 0.3) is 0 Å². The number of nitrogens with zero attached hydrogens (tertiary/aromatic N) is 3. The lowest BCUT2D eigenvalue weighted by Crippen LogP contribution is -2.50. The van der Waals surface area contributed by atoms with Gasteiger partial charge in [0.2, 0.25) is 0 Å². The van der Waals surface area contributed by atoms with Gasteiger partial charge in [-0.15, -0.1) is 0 Å². The van der Waals surface area contributed by atoms with Crippen molar-refractivity contribution in [1.82, 2.24) is 4.90 Å². The Balaban J connectivity index is 1.52. The van der Waals surface area contributed by atoms with Crippen molar-refractivity contribution in [2.24, 2.45) is 0 Å². The number of anilines is 1. The molecule has 1 amide bonds. The molecule has 28 heavy (non-hydrogen) atoms. The number of amides is 1. The van der Waals surface area contributed by atoms with Crippen molar-refractivity contribution in [2.75, 3.05) is 51.9 Å². The lowest BCUT2D eigenvalue weighted by molar-refractivity contribution is -0.133. The molecule has 1 heterocycles. The van der Waals surface area contributed by atoms with Crippen LogP contribution in [0.4, 0.5) is 5.69 Å². The second-order valence-electron chi connectivity index (χ2n) is 6.33. The number of methoxy groups -OCH3 is 2. The number of carbonyl (C=O) groups is 1. The van der Waals surface area contributed by atoms with Gasteiger partial charge in [-0.2, -0.15) is 5.26 Å². The Morgan fingerprint density at radius 2 is 1.71 bits per heavy atom. The SMILES string of the molecule is COc1ccc(N2CCN(C(=O)COc3ccc(C#N)cc3OC)CC2)cc1. The van der Waals surface area contributed by atoms with Gasteiger partial charge in [0, 0.05) is 37.9 Å². The maximum absolute atomic E-state index is 12.5. The molecule has 0 spiro atoms. The molecule has 0 aliphatic carbocycles. The minimum Gasteiger partial charge on any atom is -0.497 e. The highest BCUT2D eigenvalue weighted by molar-refractivity contribution is 5.78. The van der Waals surface area contributed by atoms with Crippen LogP contribution in [-0.4, -0.2) is 57.8 Å². The van der Waals surface area contributed by atoms with Crippen LogP contribution in [0.2, 0.25) is 0 Å². The van der Waals surface area contributed by atoms with Crippen LogP contribution in [0.3, 0.4) is 0 Å². The maximum Gasteiger partial charge on any atom is 0.260 e. The molecule has 1 aliphatic heterocycles. The average molecular weight is 381 g/mol. The van der Waals surface area contributed by atoms with Crippen LogP contribution < -0.4 is 19.1 Å². The van der Waals surface area contributed by atoms with Crippen molar-refractivity contribution < 1.29 is 19.0 Å². The molecule has 0 atom stereocenters. The Kier molecular flexibility index (Phi) is 6.22. The summed E-state index contributed by atoms with van der Waals surface area (Å²) in [6.07, 6.45) is 0. The van der Waals surface area contributed by atoms with E-state index in [4.69, 9.17) is 19.5 Å². The van der Waals surface area contributed by atoms with Gasteiger partial charge in [-0.3, -0.25) is 4.79 Å². The van der Waals surface area contributed by atoms with Gasteiger partial charge in [0.25, 0.3) is 5.91 Å². The summed E-state index contributed by atoms with van der Waals surface area (Å²) in [5, 5.41) is 8.95. The first kappa shape index (κ1) is 19.4. The summed E-state index contributed by atoms with van der Waals surface area (Å²) in [5.74, 6) is 1.65.